The van der Waals surface area contributed by atoms with Gasteiger partial charge in [0.05, 0.1) is 6.20 Å². The Kier molecular flexibility index (Phi) is 4.89. The van der Waals surface area contributed by atoms with Gasteiger partial charge in [-0.1, -0.05) is 60.7 Å². The molecule has 5 heteroatoms. The van der Waals surface area contributed by atoms with Crippen LogP contribution in [0.2, 0.25) is 0 Å². The molecule has 136 valence electrons. The first-order valence-electron chi connectivity index (χ1n) is 8.83. The fourth-order valence-electron chi connectivity index (χ4n) is 2.97. The number of hydrogen-bond acceptors (Lipinski definition) is 4. The smallest absolute Gasteiger partial charge is 0.410 e. The van der Waals surface area contributed by atoms with Crippen molar-refractivity contribution in [3.63, 3.8) is 0 Å². The van der Waals surface area contributed by atoms with Gasteiger partial charge in [0.15, 0.2) is 6.20 Å². The van der Waals surface area contributed by atoms with Gasteiger partial charge in [0, 0.05) is 5.56 Å². The monoisotopic (exact) mass is 369 g/mol. The van der Waals surface area contributed by atoms with Crippen LogP contribution in [-0.2, 0) is 6.54 Å². The van der Waals surface area contributed by atoms with E-state index in [4.69, 9.17) is 4.74 Å². The van der Waals surface area contributed by atoms with Crippen molar-refractivity contribution < 1.29 is 18.9 Å². The maximum absolute atomic E-state index is 12.7. The Hall–Kier alpha value is -3.86. The Balaban J connectivity index is 1.56. The SMILES string of the molecule is O=C(C[n+]1ccncc1C(=O)Oc1cc2cccccc-2c1)c1ccccc1. The fourth-order valence-corrected chi connectivity index (χ4v) is 2.97. The van der Waals surface area contributed by atoms with Gasteiger partial charge in [-0.25, -0.2) is 4.79 Å². The van der Waals surface area contributed by atoms with Crippen LogP contribution >= 0.6 is 0 Å². The topological polar surface area (TPSA) is 60.1 Å². The van der Waals surface area contributed by atoms with E-state index in [1.54, 1.807) is 35.0 Å². The summed E-state index contributed by atoms with van der Waals surface area (Å²) >= 11 is 0. The van der Waals surface area contributed by atoms with E-state index in [0.29, 0.717) is 11.3 Å². The standard InChI is InChI=1S/C23H17N2O3/c26-22(17-7-3-1-4-8-17)16-25-12-11-24-15-21(25)23(27)28-20-13-18-9-5-2-6-10-19(18)14-20/h1-15H,16H2/q+1. The Morgan fingerprint density at radius 2 is 1.54 bits per heavy atom. The fraction of sp³-hybridized carbons (Fsp3) is 0.0435. The first-order chi connectivity index (χ1) is 13.7. The van der Waals surface area contributed by atoms with E-state index in [-0.39, 0.29) is 18.0 Å². The molecular formula is C23H17N2O3+. The molecule has 0 radical (unpaired) electrons. The van der Waals surface area contributed by atoms with Crippen molar-refractivity contribution in [2.75, 3.05) is 0 Å². The lowest BCUT2D eigenvalue weighted by Gasteiger charge is -2.03. The third-order valence-corrected chi connectivity index (χ3v) is 4.37. The van der Waals surface area contributed by atoms with Crippen molar-refractivity contribution >= 4 is 11.8 Å². The molecule has 0 amide bonds. The number of benzene rings is 1. The Morgan fingerprint density at radius 1 is 0.893 bits per heavy atom. The molecule has 1 aromatic carbocycles. The van der Waals surface area contributed by atoms with E-state index in [1.165, 1.54) is 12.4 Å². The predicted octanol–water partition coefficient (Wildman–Crippen LogP) is 3.58. The minimum atomic E-state index is -0.561. The number of rotatable bonds is 5. The number of carbonyl (C=O) groups is 2. The molecule has 2 aliphatic carbocycles. The number of hydrogen-bond donors (Lipinski definition) is 0. The molecule has 0 atom stereocenters. The number of fused-ring (bicyclic) bond motifs is 1. The van der Waals surface area contributed by atoms with Gasteiger partial charge in [0.25, 0.3) is 0 Å². The lowest BCUT2D eigenvalue weighted by Crippen LogP contribution is -2.44. The summed E-state index contributed by atoms with van der Waals surface area (Å²) in [6, 6.07) is 22.3. The highest BCUT2D eigenvalue weighted by atomic mass is 16.5. The van der Waals surface area contributed by atoms with Gasteiger partial charge in [-0.2, -0.15) is 4.57 Å². The quantitative estimate of drug-likeness (QED) is 0.307. The van der Waals surface area contributed by atoms with Crippen LogP contribution < -0.4 is 9.30 Å². The Labute approximate surface area is 162 Å². The summed E-state index contributed by atoms with van der Waals surface area (Å²) in [7, 11) is 0. The summed E-state index contributed by atoms with van der Waals surface area (Å²) in [5.41, 5.74) is 2.75. The highest BCUT2D eigenvalue weighted by Gasteiger charge is 2.25. The Bertz CT molecular complexity index is 1080. The van der Waals surface area contributed by atoms with Crippen LogP contribution in [0, 0.1) is 0 Å². The molecule has 2 aliphatic rings. The van der Waals surface area contributed by atoms with Gasteiger partial charge in [-0.15, -0.1) is 0 Å². The summed E-state index contributed by atoms with van der Waals surface area (Å²) in [5.74, 6) is -0.206. The molecule has 4 rings (SSSR count). The number of ether oxygens (including phenoxy) is 1. The van der Waals surface area contributed by atoms with Crippen molar-refractivity contribution in [3.05, 3.63) is 103 Å². The average Bonchev–Trinajstić information content (AvgIpc) is 2.96. The van der Waals surface area contributed by atoms with Gasteiger partial charge in [0.1, 0.15) is 11.9 Å². The maximum Gasteiger partial charge on any atom is 0.410 e. The molecular weight excluding hydrogens is 352 g/mol. The number of esters is 1. The third-order valence-electron chi connectivity index (χ3n) is 4.37. The first-order valence-corrected chi connectivity index (χ1v) is 8.83. The first kappa shape index (κ1) is 17.5. The summed E-state index contributed by atoms with van der Waals surface area (Å²) in [6.07, 6.45) is 4.54. The highest BCUT2D eigenvalue weighted by molar-refractivity contribution is 5.95. The molecule has 0 N–H and O–H groups in total. The van der Waals surface area contributed by atoms with Crippen LogP contribution in [0.4, 0.5) is 0 Å². The van der Waals surface area contributed by atoms with E-state index in [9.17, 15) is 9.59 Å². The van der Waals surface area contributed by atoms with Gasteiger partial charge in [0.2, 0.25) is 12.3 Å². The van der Waals surface area contributed by atoms with E-state index in [0.717, 1.165) is 11.1 Å². The van der Waals surface area contributed by atoms with Crippen molar-refractivity contribution in [1.82, 2.24) is 4.98 Å². The molecule has 28 heavy (non-hydrogen) atoms. The second-order valence-corrected chi connectivity index (χ2v) is 6.28. The minimum Gasteiger partial charge on any atom is -0.418 e. The summed E-state index contributed by atoms with van der Waals surface area (Å²) in [4.78, 5) is 29.2. The number of ketones is 1. The molecule has 1 heterocycles. The zero-order valence-corrected chi connectivity index (χ0v) is 15.0. The van der Waals surface area contributed by atoms with Gasteiger partial charge in [-0.3, -0.25) is 9.78 Å². The van der Waals surface area contributed by atoms with Gasteiger partial charge >= 0.3 is 11.7 Å². The second kappa shape index (κ2) is 7.80. The van der Waals surface area contributed by atoms with E-state index < -0.39 is 5.97 Å². The molecule has 0 spiro atoms. The lowest BCUT2D eigenvalue weighted by molar-refractivity contribution is -0.686. The van der Waals surface area contributed by atoms with Crippen LogP contribution in [0.1, 0.15) is 20.8 Å². The largest absolute Gasteiger partial charge is 0.418 e. The van der Waals surface area contributed by atoms with E-state index in [2.05, 4.69) is 4.98 Å². The van der Waals surface area contributed by atoms with Crippen LogP contribution in [0.3, 0.4) is 0 Å². The summed E-state index contributed by atoms with van der Waals surface area (Å²) < 4.78 is 7.08. The molecule has 0 bridgehead atoms. The average molecular weight is 369 g/mol. The molecule has 0 saturated heterocycles. The Morgan fingerprint density at radius 3 is 2.21 bits per heavy atom. The highest BCUT2D eigenvalue weighted by Crippen LogP contribution is 2.29. The summed E-state index contributed by atoms with van der Waals surface area (Å²) in [6.45, 7) is 0.0236. The molecule has 2 aromatic rings. The van der Waals surface area contributed by atoms with Crippen molar-refractivity contribution in [2.45, 2.75) is 6.54 Å². The van der Waals surface area contributed by atoms with Crippen LogP contribution in [-0.4, -0.2) is 16.7 Å². The second-order valence-electron chi connectivity index (χ2n) is 6.28. The minimum absolute atomic E-state index is 0.0236. The van der Waals surface area contributed by atoms with Gasteiger partial charge in [-0.05, 0) is 23.3 Å². The normalized spacial score (nSPS) is 10.6. The zero-order valence-electron chi connectivity index (χ0n) is 15.0. The molecule has 5 nitrogen and oxygen atoms in total. The molecule has 0 aliphatic heterocycles. The van der Waals surface area contributed by atoms with Crippen LogP contribution in [0.25, 0.3) is 11.1 Å². The van der Waals surface area contributed by atoms with E-state index in [1.807, 2.05) is 48.5 Å². The number of Topliss-reactive ketones (excluding diaryl/α,β-unsaturated/α-hetero) is 1. The molecule has 0 unspecified atom stereocenters. The van der Waals surface area contributed by atoms with Crippen molar-refractivity contribution in [1.29, 1.82) is 0 Å². The van der Waals surface area contributed by atoms with Crippen LogP contribution in [0.5, 0.6) is 5.75 Å². The van der Waals surface area contributed by atoms with Crippen molar-refractivity contribution in [3.8, 4) is 16.9 Å². The van der Waals surface area contributed by atoms with E-state index >= 15 is 0 Å². The number of carbonyl (C=O) groups excluding carboxylic acids is 2. The predicted molar refractivity (Wildman–Crippen MR) is 103 cm³/mol. The molecule has 0 fully saturated rings. The van der Waals surface area contributed by atoms with Crippen molar-refractivity contribution in [2.24, 2.45) is 0 Å². The lowest BCUT2D eigenvalue weighted by atomic mass is 10.1. The maximum atomic E-state index is 12.7. The van der Waals surface area contributed by atoms with Gasteiger partial charge < -0.3 is 4.74 Å². The molecule has 0 saturated carbocycles. The van der Waals surface area contributed by atoms with Crippen LogP contribution in [0.15, 0.2) is 91.4 Å². The number of aromatic nitrogens is 2. The summed E-state index contributed by atoms with van der Waals surface area (Å²) in [5, 5.41) is 0. The third kappa shape index (κ3) is 3.78. The molecule has 1 aromatic heterocycles. The number of nitrogens with zero attached hydrogens (tertiary/aromatic N) is 2. The zero-order chi connectivity index (χ0) is 19.3.